The summed E-state index contributed by atoms with van der Waals surface area (Å²) in [5.74, 6) is 0. The molecule has 0 fully saturated rings. The maximum atomic E-state index is 4.75. The fourth-order valence-electron chi connectivity index (χ4n) is 1.93. The lowest BCUT2D eigenvalue weighted by atomic mass is 10.3. The highest BCUT2D eigenvalue weighted by molar-refractivity contribution is 8.00. The summed E-state index contributed by atoms with van der Waals surface area (Å²) in [5, 5.41) is 2.08. The van der Waals surface area contributed by atoms with Gasteiger partial charge in [-0.1, -0.05) is 59.9 Å². The van der Waals surface area contributed by atoms with Gasteiger partial charge in [0.15, 0.2) is 0 Å². The molecule has 0 unspecified atom stereocenters. The standard InChI is InChI=1S/C18H15NS2/c1-14-12-17(20-15-8-4-2-5-9-15)19-18(13-14)21-16-10-6-3-7-11-16/h2-13H,1H3. The number of benzene rings is 2. The van der Waals surface area contributed by atoms with Crippen molar-refractivity contribution in [3.63, 3.8) is 0 Å². The molecule has 0 saturated carbocycles. The molecule has 0 aliphatic rings. The predicted molar refractivity (Wildman–Crippen MR) is 90.1 cm³/mol. The Labute approximate surface area is 133 Å². The second-order valence-electron chi connectivity index (χ2n) is 4.65. The molecule has 104 valence electrons. The normalized spacial score (nSPS) is 10.5. The Hall–Kier alpha value is -1.71. The van der Waals surface area contributed by atoms with Crippen molar-refractivity contribution >= 4 is 23.5 Å². The van der Waals surface area contributed by atoms with Crippen molar-refractivity contribution in [3.8, 4) is 0 Å². The molecule has 3 rings (SSSR count). The SMILES string of the molecule is Cc1cc(Sc2ccccc2)nc(Sc2ccccc2)c1. The molecule has 1 heterocycles. The smallest absolute Gasteiger partial charge is 0.102 e. The molecule has 0 bridgehead atoms. The first-order chi connectivity index (χ1) is 10.3. The lowest BCUT2D eigenvalue weighted by molar-refractivity contribution is 0.990. The minimum Gasteiger partial charge on any atom is -0.234 e. The van der Waals surface area contributed by atoms with Crippen molar-refractivity contribution in [2.75, 3.05) is 0 Å². The average Bonchev–Trinajstić information content (AvgIpc) is 2.48. The van der Waals surface area contributed by atoms with E-state index in [1.807, 2.05) is 12.1 Å². The van der Waals surface area contributed by atoms with Crippen molar-refractivity contribution in [1.29, 1.82) is 0 Å². The topological polar surface area (TPSA) is 12.9 Å². The van der Waals surface area contributed by atoms with Crippen LogP contribution in [-0.4, -0.2) is 4.98 Å². The third kappa shape index (κ3) is 4.13. The van der Waals surface area contributed by atoms with Gasteiger partial charge >= 0.3 is 0 Å². The van der Waals surface area contributed by atoms with Gasteiger partial charge in [0.05, 0.1) is 0 Å². The summed E-state index contributed by atoms with van der Waals surface area (Å²) in [6.45, 7) is 2.12. The Kier molecular flexibility index (Phi) is 4.63. The van der Waals surface area contributed by atoms with Crippen LogP contribution in [0.3, 0.4) is 0 Å². The van der Waals surface area contributed by atoms with Gasteiger partial charge in [-0.2, -0.15) is 0 Å². The van der Waals surface area contributed by atoms with Crippen LogP contribution >= 0.6 is 23.5 Å². The zero-order chi connectivity index (χ0) is 14.5. The van der Waals surface area contributed by atoms with E-state index in [0.29, 0.717) is 0 Å². The largest absolute Gasteiger partial charge is 0.234 e. The molecule has 1 aromatic heterocycles. The number of aryl methyl sites for hydroxylation is 1. The van der Waals surface area contributed by atoms with Crippen LogP contribution in [0.5, 0.6) is 0 Å². The summed E-state index contributed by atoms with van der Waals surface area (Å²) in [6.07, 6.45) is 0. The minimum atomic E-state index is 1.04. The molecule has 3 heteroatoms. The molecular weight excluding hydrogens is 294 g/mol. The van der Waals surface area contributed by atoms with Crippen molar-refractivity contribution in [3.05, 3.63) is 78.4 Å². The van der Waals surface area contributed by atoms with Crippen LogP contribution in [0.2, 0.25) is 0 Å². The quantitative estimate of drug-likeness (QED) is 0.614. The Balaban J connectivity index is 1.83. The summed E-state index contributed by atoms with van der Waals surface area (Å²) >= 11 is 3.40. The van der Waals surface area contributed by atoms with E-state index in [0.717, 1.165) is 10.1 Å². The third-order valence-electron chi connectivity index (χ3n) is 2.85. The van der Waals surface area contributed by atoms with Gasteiger partial charge in [0, 0.05) is 9.79 Å². The Morgan fingerprint density at radius 2 is 1.10 bits per heavy atom. The summed E-state index contributed by atoms with van der Waals surface area (Å²) in [6, 6.07) is 25.0. The van der Waals surface area contributed by atoms with Crippen molar-refractivity contribution in [1.82, 2.24) is 4.98 Å². The van der Waals surface area contributed by atoms with E-state index in [9.17, 15) is 0 Å². The zero-order valence-corrected chi connectivity index (χ0v) is 13.3. The summed E-state index contributed by atoms with van der Waals surface area (Å²) in [5.41, 5.74) is 1.24. The average molecular weight is 309 g/mol. The molecule has 3 aromatic rings. The highest BCUT2D eigenvalue weighted by Crippen LogP contribution is 2.31. The molecule has 2 aromatic carbocycles. The molecule has 0 aliphatic carbocycles. The number of hydrogen-bond acceptors (Lipinski definition) is 3. The number of aromatic nitrogens is 1. The van der Waals surface area contributed by atoms with E-state index in [1.165, 1.54) is 15.4 Å². The van der Waals surface area contributed by atoms with Crippen LogP contribution in [-0.2, 0) is 0 Å². The molecule has 0 spiro atoms. The Bertz CT molecular complexity index is 652. The van der Waals surface area contributed by atoms with Gasteiger partial charge in [-0.3, -0.25) is 0 Å². The number of nitrogens with zero attached hydrogens (tertiary/aromatic N) is 1. The Morgan fingerprint density at radius 1 is 0.667 bits per heavy atom. The zero-order valence-electron chi connectivity index (χ0n) is 11.7. The van der Waals surface area contributed by atoms with Crippen LogP contribution in [0, 0.1) is 6.92 Å². The van der Waals surface area contributed by atoms with E-state index >= 15 is 0 Å². The molecule has 0 amide bonds. The van der Waals surface area contributed by atoms with Gasteiger partial charge in [0.1, 0.15) is 10.1 Å². The highest BCUT2D eigenvalue weighted by Gasteiger charge is 2.04. The fraction of sp³-hybridized carbons (Fsp3) is 0.0556. The molecule has 0 atom stereocenters. The molecule has 21 heavy (non-hydrogen) atoms. The number of pyridine rings is 1. The molecule has 0 radical (unpaired) electrons. The predicted octanol–water partition coefficient (Wildman–Crippen LogP) is 5.69. The van der Waals surface area contributed by atoms with Gasteiger partial charge in [-0.25, -0.2) is 4.98 Å². The van der Waals surface area contributed by atoms with E-state index in [-0.39, 0.29) is 0 Å². The van der Waals surface area contributed by atoms with Crippen molar-refractivity contribution in [2.45, 2.75) is 26.8 Å². The Morgan fingerprint density at radius 3 is 1.52 bits per heavy atom. The van der Waals surface area contributed by atoms with E-state index < -0.39 is 0 Å². The molecule has 0 aliphatic heterocycles. The van der Waals surface area contributed by atoms with E-state index in [2.05, 4.69) is 67.6 Å². The summed E-state index contributed by atoms with van der Waals surface area (Å²) < 4.78 is 0. The lowest BCUT2D eigenvalue weighted by Gasteiger charge is -2.06. The number of hydrogen-bond donors (Lipinski definition) is 0. The first-order valence-electron chi connectivity index (χ1n) is 6.74. The first kappa shape index (κ1) is 14.2. The van der Waals surface area contributed by atoms with Crippen LogP contribution < -0.4 is 0 Å². The van der Waals surface area contributed by atoms with E-state index in [4.69, 9.17) is 4.98 Å². The summed E-state index contributed by atoms with van der Waals surface area (Å²) in [7, 11) is 0. The van der Waals surface area contributed by atoms with Gasteiger partial charge in [-0.15, -0.1) is 0 Å². The van der Waals surface area contributed by atoms with Gasteiger partial charge in [-0.05, 0) is 48.9 Å². The monoisotopic (exact) mass is 309 g/mol. The lowest BCUT2D eigenvalue weighted by Crippen LogP contribution is -1.86. The van der Waals surface area contributed by atoms with E-state index in [1.54, 1.807) is 23.5 Å². The van der Waals surface area contributed by atoms with Crippen LogP contribution in [0.1, 0.15) is 5.56 Å². The summed E-state index contributed by atoms with van der Waals surface area (Å²) in [4.78, 5) is 7.18. The molecule has 0 saturated heterocycles. The minimum absolute atomic E-state index is 1.04. The number of rotatable bonds is 4. The van der Waals surface area contributed by atoms with Crippen LogP contribution in [0.4, 0.5) is 0 Å². The maximum Gasteiger partial charge on any atom is 0.102 e. The molecule has 0 N–H and O–H groups in total. The molecule has 1 nitrogen and oxygen atoms in total. The van der Waals surface area contributed by atoms with Gasteiger partial charge < -0.3 is 0 Å². The van der Waals surface area contributed by atoms with Crippen molar-refractivity contribution < 1.29 is 0 Å². The maximum absolute atomic E-state index is 4.75. The first-order valence-corrected chi connectivity index (χ1v) is 8.37. The van der Waals surface area contributed by atoms with Crippen molar-refractivity contribution in [2.24, 2.45) is 0 Å². The van der Waals surface area contributed by atoms with Gasteiger partial charge in [0.2, 0.25) is 0 Å². The van der Waals surface area contributed by atoms with Gasteiger partial charge in [0.25, 0.3) is 0 Å². The highest BCUT2D eigenvalue weighted by atomic mass is 32.2. The second kappa shape index (κ2) is 6.83. The van der Waals surface area contributed by atoms with Crippen LogP contribution in [0.15, 0.2) is 92.6 Å². The second-order valence-corrected chi connectivity index (χ2v) is 6.84. The van der Waals surface area contributed by atoms with Crippen LogP contribution in [0.25, 0.3) is 0 Å². The fourth-order valence-corrected chi connectivity index (χ4v) is 3.83. The molecular formula is C18H15NS2. The third-order valence-corrected chi connectivity index (χ3v) is 4.71.